The first-order valence-electron chi connectivity index (χ1n) is 11.6. The molecule has 9 heteroatoms. The maximum absolute atomic E-state index is 12.7. The smallest absolute Gasteiger partial charge is 0.253 e. The third-order valence-electron chi connectivity index (χ3n) is 5.69. The Morgan fingerprint density at radius 1 is 1.06 bits per heavy atom. The summed E-state index contributed by atoms with van der Waals surface area (Å²) in [6.07, 6.45) is 2.65. The lowest BCUT2D eigenvalue weighted by Gasteiger charge is -2.29. The summed E-state index contributed by atoms with van der Waals surface area (Å²) in [7, 11) is 0. The molecule has 0 aliphatic carbocycles. The fraction of sp³-hybridized carbons (Fsp3) is 0.308. The van der Waals surface area contributed by atoms with E-state index in [0.717, 1.165) is 27.6 Å². The van der Waals surface area contributed by atoms with Crippen LogP contribution in [0.5, 0.6) is 0 Å². The molecule has 2 heterocycles. The number of aromatic nitrogens is 2. The van der Waals surface area contributed by atoms with Gasteiger partial charge in [-0.1, -0.05) is 12.1 Å². The van der Waals surface area contributed by atoms with E-state index in [4.69, 9.17) is 0 Å². The van der Waals surface area contributed by atoms with E-state index < -0.39 is 0 Å². The Balaban J connectivity index is 1.35. The summed E-state index contributed by atoms with van der Waals surface area (Å²) in [5, 5.41) is 15.6. The van der Waals surface area contributed by atoms with Gasteiger partial charge in [-0.3, -0.25) is 9.59 Å². The van der Waals surface area contributed by atoms with Crippen molar-refractivity contribution in [3.8, 4) is 11.3 Å². The highest BCUT2D eigenvalue weighted by molar-refractivity contribution is 7.99. The largest absolute Gasteiger partial charge is 0.393 e. The molecule has 1 aliphatic heterocycles. The first-order chi connectivity index (χ1) is 17.0. The summed E-state index contributed by atoms with van der Waals surface area (Å²) in [6.45, 7) is 3.32. The predicted octanol–water partition coefficient (Wildman–Crippen LogP) is 3.71. The van der Waals surface area contributed by atoms with Crippen LogP contribution in [0, 0.1) is 0 Å². The van der Waals surface area contributed by atoms with E-state index in [0.29, 0.717) is 44.0 Å². The number of carbonyl (C=O) groups excluding carboxylic acids is 2. The molecule has 1 aliphatic rings. The monoisotopic (exact) mass is 491 g/mol. The van der Waals surface area contributed by atoms with E-state index in [2.05, 4.69) is 20.6 Å². The van der Waals surface area contributed by atoms with Crippen molar-refractivity contribution < 1.29 is 14.7 Å². The van der Waals surface area contributed by atoms with Gasteiger partial charge in [0.2, 0.25) is 11.9 Å². The average Bonchev–Trinajstić information content (AvgIpc) is 2.88. The number of nitrogens with zero attached hydrogens (tertiary/aromatic N) is 3. The lowest BCUT2D eigenvalue weighted by molar-refractivity contribution is -0.118. The van der Waals surface area contributed by atoms with Crippen LogP contribution in [-0.2, 0) is 4.79 Å². The first-order valence-corrected chi connectivity index (χ1v) is 12.6. The van der Waals surface area contributed by atoms with Crippen molar-refractivity contribution in [2.75, 3.05) is 30.7 Å². The lowest BCUT2D eigenvalue weighted by atomic mass is 10.1. The average molecular weight is 492 g/mol. The Morgan fingerprint density at radius 2 is 1.77 bits per heavy atom. The number of aliphatic hydroxyl groups excluding tert-OH is 1. The molecule has 2 aromatic carbocycles. The van der Waals surface area contributed by atoms with Crippen LogP contribution in [0.4, 0.5) is 11.6 Å². The van der Waals surface area contributed by atoms with Gasteiger partial charge in [-0.25, -0.2) is 9.97 Å². The molecule has 35 heavy (non-hydrogen) atoms. The van der Waals surface area contributed by atoms with Gasteiger partial charge in [0.15, 0.2) is 0 Å². The van der Waals surface area contributed by atoms with E-state index in [-0.39, 0.29) is 17.9 Å². The number of nitrogens with one attached hydrogen (secondary N) is 2. The molecule has 0 spiro atoms. The van der Waals surface area contributed by atoms with Crippen LogP contribution in [0.2, 0.25) is 0 Å². The van der Waals surface area contributed by atoms with Gasteiger partial charge in [0.05, 0.1) is 11.8 Å². The number of aliphatic hydroxyl groups is 1. The van der Waals surface area contributed by atoms with Crippen LogP contribution in [0.1, 0.15) is 30.1 Å². The van der Waals surface area contributed by atoms with Crippen molar-refractivity contribution in [2.24, 2.45) is 0 Å². The molecule has 3 aromatic rings. The van der Waals surface area contributed by atoms with Crippen LogP contribution in [-0.4, -0.2) is 63.3 Å². The van der Waals surface area contributed by atoms with Crippen LogP contribution in [0.15, 0.2) is 65.7 Å². The minimum absolute atomic E-state index is 0.0153. The molecule has 1 saturated heterocycles. The highest BCUT2D eigenvalue weighted by atomic mass is 32.2. The summed E-state index contributed by atoms with van der Waals surface area (Å²) in [6, 6.07) is 17.3. The number of piperidine rings is 1. The van der Waals surface area contributed by atoms with Crippen LogP contribution >= 0.6 is 11.8 Å². The van der Waals surface area contributed by atoms with E-state index in [1.165, 1.54) is 6.92 Å². The molecule has 4 rings (SSSR count). The van der Waals surface area contributed by atoms with Crippen molar-refractivity contribution in [3.63, 3.8) is 0 Å². The molecule has 1 fully saturated rings. The molecule has 3 N–H and O–H groups in total. The molecular weight excluding hydrogens is 462 g/mol. The van der Waals surface area contributed by atoms with Crippen molar-refractivity contribution in [1.82, 2.24) is 20.2 Å². The number of rotatable bonds is 8. The zero-order valence-electron chi connectivity index (χ0n) is 19.6. The molecule has 0 atom stereocenters. The second-order valence-electron chi connectivity index (χ2n) is 8.35. The third kappa shape index (κ3) is 7.03. The Kier molecular flexibility index (Phi) is 8.33. The number of anilines is 2. The zero-order chi connectivity index (χ0) is 24.6. The molecule has 0 unspecified atom stereocenters. The SMILES string of the molecule is CC(=O)NCCSc1ccc(-c2ccnc(Nc3ccc(C(=O)N4CCC(O)CC4)cc3)n2)cc1. The van der Waals surface area contributed by atoms with E-state index >= 15 is 0 Å². The lowest BCUT2D eigenvalue weighted by Crippen LogP contribution is -2.40. The number of hydrogen-bond donors (Lipinski definition) is 3. The van der Waals surface area contributed by atoms with Gasteiger partial charge in [0, 0.05) is 60.2 Å². The molecular formula is C26H29N5O3S. The molecule has 182 valence electrons. The summed E-state index contributed by atoms with van der Waals surface area (Å²) >= 11 is 1.69. The number of hydrogen-bond acceptors (Lipinski definition) is 7. The summed E-state index contributed by atoms with van der Waals surface area (Å²) in [5.41, 5.74) is 3.20. The molecule has 0 saturated carbocycles. The third-order valence-corrected chi connectivity index (χ3v) is 6.70. The Morgan fingerprint density at radius 3 is 2.46 bits per heavy atom. The van der Waals surface area contributed by atoms with Crippen molar-refractivity contribution in [3.05, 3.63) is 66.4 Å². The molecule has 0 bridgehead atoms. The Bertz CT molecular complexity index is 1150. The van der Waals surface area contributed by atoms with Crippen LogP contribution in [0.25, 0.3) is 11.3 Å². The van der Waals surface area contributed by atoms with E-state index in [1.807, 2.05) is 42.5 Å². The zero-order valence-corrected chi connectivity index (χ0v) is 20.4. The first kappa shape index (κ1) is 24.7. The fourth-order valence-corrected chi connectivity index (χ4v) is 4.54. The van der Waals surface area contributed by atoms with Gasteiger partial charge in [0.25, 0.3) is 5.91 Å². The van der Waals surface area contributed by atoms with Gasteiger partial charge in [0.1, 0.15) is 0 Å². The molecule has 1 aromatic heterocycles. The molecule has 0 radical (unpaired) electrons. The quantitative estimate of drug-likeness (QED) is 0.326. The normalized spacial score (nSPS) is 13.9. The van der Waals surface area contributed by atoms with Gasteiger partial charge < -0.3 is 20.6 Å². The highest BCUT2D eigenvalue weighted by Crippen LogP contribution is 2.24. The Hall–Kier alpha value is -3.43. The Labute approximate surface area is 209 Å². The van der Waals surface area contributed by atoms with Crippen molar-refractivity contribution in [1.29, 1.82) is 0 Å². The van der Waals surface area contributed by atoms with Gasteiger partial charge >= 0.3 is 0 Å². The standard InChI is InChI=1S/C26H29N5O3S/c1-18(32)27-14-17-35-23-8-4-19(5-9-23)24-10-13-28-26(30-24)29-21-6-2-20(3-7-21)25(34)31-15-11-22(33)12-16-31/h2-10,13,22,33H,11-12,14-17H2,1H3,(H,27,32)(H,28,29,30). The number of amides is 2. The molecule has 8 nitrogen and oxygen atoms in total. The second-order valence-corrected chi connectivity index (χ2v) is 9.52. The van der Waals surface area contributed by atoms with Crippen LogP contribution < -0.4 is 10.6 Å². The maximum atomic E-state index is 12.7. The number of likely N-dealkylation sites (tertiary alicyclic amines) is 1. The van der Waals surface area contributed by atoms with Gasteiger partial charge in [-0.2, -0.15) is 0 Å². The highest BCUT2D eigenvalue weighted by Gasteiger charge is 2.22. The minimum Gasteiger partial charge on any atom is -0.393 e. The fourth-order valence-electron chi connectivity index (χ4n) is 3.77. The molecule has 2 amide bonds. The van der Waals surface area contributed by atoms with Crippen LogP contribution in [0.3, 0.4) is 0 Å². The minimum atomic E-state index is -0.306. The van der Waals surface area contributed by atoms with E-state index in [9.17, 15) is 14.7 Å². The van der Waals surface area contributed by atoms with Gasteiger partial charge in [-0.05, 0) is 55.3 Å². The van der Waals surface area contributed by atoms with Crippen molar-refractivity contribution in [2.45, 2.75) is 30.8 Å². The summed E-state index contributed by atoms with van der Waals surface area (Å²) in [5.74, 6) is 1.25. The predicted molar refractivity (Wildman–Crippen MR) is 138 cm³/mol. The second kappa shape index (κ2) is 11.8. The van der Waals surface area contributed by atoms with Crippen molar-refractivity contribution >= 4 is 35.2 Å². The number of carbonyl (C=O) groups is 2. The van der Waals surface area contributed by atoms with Gasteiger partial charge in [-0.15, -0.1) is 11.8 Å². The number of thioether (sulfide) groups is 1. The maximum Gasteiger partial charge on any atom is 0.253 e. The van der Waals surface area contributed by atoms with E-state index in [1.54, 1.807) is 35.0 Å². The summed E-state index contributed by atoms with van der Waals surface area (Å²) < 4.78 is 0. The topological polar surface area (TPSA) is 107 Å². The number of benzene rings is 2. The summed E-state index contributed by atoms with van der Waals surface area (Å²) in [4.78, 5) is 35.5.